The molecule has 3 heterocycles. The van der Waals surface area contributed by atoms with Crippen LogP contribution in [0.3, 0.4) is 0 Å². The van der Waals surface area contributed by atoms with Gasteiger partial charge in [0.25, 0.3) is 5.91 Å². The number of halogens is 2. The van der Waals surface area contributed by atoms with Gasteiger partial charge < -0.3 is 14.5 Å². The van der Waals surface area contributed by atoms with Crippen LogP contribution in [-0.2, 0) is 23.3 Å². The number of imide groups is 1. The number of methoxy groups -OCH3 is 1. The normalized spacial score (nSPS) is 22.0. The van der Waals surface area contributed by atoms with Crippen LogP contribution in [0.2, 0.25) is 0 Å². The Labute approximate surface area is 187 Å². The maximum absolute atomic E-state index is 14.5. The number of urea groups is 1. The number of carbonyl (C=O) groups excluding carboxylic acids is 3. The molecular formula is C21H20ClFN4O5. The topological polar surface area (TPSA) is 113 Å². The summed E-state index contributed by atoms with van der Waals surface area (Å²) in [5, 5.41) is 4.90. The van der Waals surface area contributed by atoms with Crippen molar-refractivity contribution < 1.29 is 27.9 Å². The van der Waals surface area contributed by atoms with E-state index in [4.69, 9.17) is 20.8 Å². The number of fused-ring (bicyclic) bond motifs is 1. The largest absolute Gasteiger partial charge is 0.494 e. The van der Waals surface area contributed by atoms with Crippen molar-refractivity contribution in [2.45, 2.75) is 24.0 Å². The van der Waals surface area contributed by atoms with Gasteiger partial charge in [0.15, 0.2) is 23.4 Å². The highest BCUT2D eigenvalue weighted by Crippen LogP contribution is 2.33. The fourth-order valence-electron chi connectivity index (χ4n) is 3.93. The van der Waals surface area contributed by atoms with Crippen LogP contribution in [0, 0.1) is 5.82 Å². The standard InChI is InChI=1S/C21H20ClFN4O5/c1-27(8-11-3-4-14(31-2)18(23)13(11)9-28)10-21(19(29)25-20(30)26-21)16-5-12-7-24-17(22)6-15(12)32-16/h3-5,7,9,17H,6,8,10H2,1-2H3,(H2,25,26,29,30). The van der Waals surface area contributed by atoms with Crippen LogP contribution < -0.4 is 15.4 Å². The summed E-state index contributed by atoms with van der Waals surface area (Å²) in [6, 6.07) is 3.98. The monoisotopic (exact) mass is 462 g/mol. The smallest absolute Gasteiger partial charge is 0.322 e. The van der Waals surface area contributed by atoms with Crippen LogP contribution >= 0.6 is 11.6 Å². The predicted octanol–water partition coefficient (Wildman–Crippen LogP) is 1.95. The molecule has 2 aliphatic rings. The first-order valence-electron chi connectivity index (χ1n) is 9.70. The minimum atomic E-state index is -1.52. The Bertz CT molecular complexity index is 1130. The number of carbonyl (C=O) groups is 3. The lowest BCUT2D eigenvalue weighted by molar-refractivity contribution is -0.125. The highest BCUT2D eigenvalue weighted by Gasteiger charge is 2.51. The first-order chi connectivity index (χ1) is 15.3. The van der Waals surface area contributed by atoms with Gasteiger partial charge in [0.05, 0.1) is 12.7 Å². The minimum Gasteiger partial charge on any atom is -0.494 e. The molecular weight excluding hydrogens is 443 g/mol. The number of alkyl halides is 1. The third-order valence-corrected chi connectivity index (χ3v) is 5.72. The molecule has 2 atom stereocenters. The lowest BCUT2D eigenvalue weighted by Gasteiger charge is -2.29. The van der Waals surface area contributed by atoms with E-state index in [1.165, 1.54) is 13.2 Å². The number of furan rings is 1. The van der Waals surface area contributed by atoms with Crippen LogP contribution in [0.5, 0.6) is 5.75 Å². The van der Waals surface area contributed by atoms with Gasteiger partial charge in [-0.3, -0.25) is 24.8 Å². The molecule has 168 valence electrons. The lowest BCUT2D eigenvalue weighted by atomic mass is 9.94. The van der Waals surface area contributed by atoms with E-state index < -0.39 is 28.8 Å². The molecule has 0 spiro atoms. The summed E-state index contributed by atoms with van der Waals surface area (Å²) >= 11 is 6.05. The van der Waals surface area contributed by atoms with Crippen molar-refractivity contribution in [3.05, 3.63) is 52.2 Å². The summed E-state index contributed by atoms with van der Waals surface area (Å²) in [5.74, 6) is -0.601. The Morgan fingerprint density at radius 2 is 2.22 bits per heavy atom. The fraction of sp³-hybridized carbons (Fsp3) is 0.333. The number of nitrogens with zero attached hydrogens (tertiary/aromatic N) is 2. The summed E-state index contributed by atoms with van der Waals surface area (Å²) in [6.45, 7) is 0.107. The number of aldehydes is 1. The van der Waals surface area contributed by atoms with Crippen LogP contribution in [-0.4, -0.2) is 55.5 Å². The first kappa shape index (κ1) is 22.0. The number of ether oxygens (including phenoxy) is 1. The third-order valence-electron chi connectivity index (χ3n) is 5.45. The second-order valence-corrected chi connectivity index (χ2v) is 8.17. The van der Waals surface area contributed by atoms with Crippen LogP contribution in [0.25, 0.3) is 0 Å². The number of hydrogen-bond donors (Lipinski definition) is 2. The molecule has 32 heavy (non-hydrogen) atoms. The summed E-state index contributed by atoms with van der Waals surface area (Å²) in [5.41, 5.74) is -1.06. The Hall–Kier alpha value is -3.24. The van der Waals surface area contributed by atoms with E-state index in [0.29, 0.717) is 29.6 Å². The molecule has 3 amide bonds. The van der Waals surface area contributed by atoms with E-state index in [9.17, 15) is 18.8 Å². The molecule has 1 aromatic heterocycles. The molecule has 1 aromatic carbocycles. The number of amides is 3. The number of hydrogen-bond acceptors (Lipinski definition) is 7. The number of likely N-dealkylation sites (N-methyl/N-ethyl adjacent to an activating group) is 1. The van der Waals surface area contributed by atoms with E-state index in [-0.39, 0.29) is 30.2 Å². The summed E-state index contributed by atoms with van der Waals surface area (Å²) in [4.78, 5) is 42.2. The van der Waals surface area contributed by atoms with Gasteiger partial charge in [-0.25, -0.2) is 9.18 Å². The molecule has 1 fully saturated rings. The number of aliphatic imine (C=N–C) groups is 1. The molecule has 1 saturated heterocycles. The molecule has 0 saturated carbocycles. The van der Waals surface area contributed by atoms with Gasteiger partial charge in [0.2, 0.25) is 0 Å². The van der Waals surface area contributed by atoms with Gasteiger partial charge >= 0.3 is 6.03 Å². The zero-order valence-electron chi connectivity index (χ0n) is 17.3. The van der Waals surface area contributed by atoms with E-state index in [1.54, 1.807) is 30.3 Å². The molecule has 4 rings (SSSR count). The molecule has 0 radical (unpaired) electrons. The molecule has 0 bridgehead atoms. The van der Waals surface area contributed by atoms with E-state index >= 15 is 0 Å². The van der Waals surface area contributed by atoms with Gasteiger partial charge in [0, 0.05) is 31.3 Å². The molecule has 11 heteroatoms. The molecule has 2 aromatic rings. The quantitative estimate of drug-likeness (QED) is 0.281. The summed E-state index contributed by atoms with van der Waals surface area (Å²) in [6.07, 6.45) is 2.33. The summed E-state index contributed by atoms with van der Waals surface area (Å²) in [7, 11) is 2.99. The molecule has 9 nitrogen and oxygen atoms in total. The maximum Gasteiger partial charge on any atom is 0.322 e. The summed E-state index contributed by atoms with van der Waals surface area (Å²) < 4.78 is 25.3. The van der Waals surface area contributed by atoms with Crippen molar-refractivity contribution in [2.24, 2.45) is 4.99 Å². The van der Waals surface area contributed by atoms with Crippen molar-refractivity contribution in [1.82, 2.24) is 15.5 Å². The van der Waals surface area contributed by atoms with Crippen molar-refractivity contribution in [3.8, 4) is 5.75 Å². The zero-order chi connectivity index (χ0) is 23.0. The minimum absolute atomic E-state index is 0.00956. The number of rotatable bonds is 7. The number of nitrogens with one attached hydrogen (secondary N) is 2. The van der Waals surface area contributed by atoms with Gasteiger partial charge in [-0.15, -0.1) is 0 Å². The lowest BCUT2D eigenvalue weighted by Crippen LogP contribution is -2.51. The highest BCUT2D eigenvalue weighted by atomic mass is 35.5. The van der Waals surface area contributed by atoms with Gasteiger partial charge in [0.1, 0.15) is 17.0 Å². The average Bonchev–Trinajstić information content (AvgIpc) is 3.28. The van der Waals surface area contributed by atoms with Gasteiger partial charge in [-0.1, -0.05) is 17.7 Å². The molecule has 2 aliphatic heterocycles. The van der Waals surface area contributed by atoms with Gasteiger partial charge in [-0.05, 0) is 24.7 Å². The SMILES string of the molecule is COc1ccc(CN(C)CC2(c3cc4c(o3)CC(Cl)N=C4)NC(=O)NC2=O)c(C=O)c1F. The molecule has 2 N–H and O–H groups in total. The Morgan fingerprint density at radius 3 is 2.88 bits per heavy atom. The third kappa shape index (κ3) is 3.76. The van der Waals surface area contributed by atoms with Crippen molar-refractivity contribution in [3.63, 3.8) is 0 Å². The van der Waals surface area contributed by atoms with Crippen LogP contribution in [0.1, 0.15) is 33.0 Å². The second-order valence-electron chi connectivity index (χ2n) is 7.66. The van der Waals surface area contributed by atoms with E-state index in [1.807, 2.05) is 0 Å². The van der Waals surface area contributed by atoms with Crippen molar-refractivity contribution in [2.75, 3.05) is 20.7 Å². The molecule has 0 aliphatic carbocycles. The van der Waals surface area contributed by atoms with Crippen LogP contribution in [0.15, 0.2) is 27.6 Å². The zero-order valence-corrected chi connectivity index (χ0v) is 18.0. The highest BCUT2D eigenvalue weighted by molar-refractivity contribution is 6.21. The van der Waals surface area contributed by atoms with E-state index in [0.717, 1.165) is 0 Å². The maximum atomic E-state index is 14.5. The van der Waals surface area contributed by atoms with Crippen LogP contribution in [0.4, 0.5) is 9.18 Å². The van der Waals surface area contributed by atoms with E-state index in [2.05, 4.69) is 15.6 Å². The molecule has 2 unspecified atom stereocenters. The fourth-order valence-corrected chi connectivity index (χ4v) is 4.13. The van der Waals surface area contributed by atoms with Crippen molar-refractivity contribution >= 4 is 36.0 Å². The van der Waals surface area contributed by atoms with Gasteiger partial charge in [-0.2, -0.15) is 0 Å². The van der Waals surface area contributed by atoms with Crippen molar-refractivity contribution in [1.29, 1.82) is 0 Å². The second kappa shape index (κ2) is 8.36. The average molecular weight is 463 g/mol. The Balaban J connectivity index is 1.65. The number of benzene rings is 1. The Kier molecular flexibility index (Phi) is 5.74. The first-order valence-corrected chi connectivity index (χ1v) is 10.1. The predicted molar refractivity (Wildman–Crippen MR) is 113 cm³/mol. The Morgan fingerprint density at radius 1 is 1.44 bits per heavy atom.